The number of nitrogens with zero attached hydrogens (tertiary/aromatic N) is 5. The van der Waals surface area contributed by atoms with E-state index in [1.807, 2.05) is 58.6 Å². The molecule has 0 spiro atoms. The summed E-state index contributed by atoms with van der Waals surface area (Å²) in [5.74, 6) is -0.454. The highest BCUT2D eigenvalue weighted by molar-refractivity contribution is 6.99. The SMILES string of the molecule is Cc1cc(CO[Si](c2ccccc2)(c2ccccc2)C(C)(C)C)cc(C(C)C)c1-n1c(=O)nc(N2C[C@@H](C)N(C(=O)OC(C)(C)C)C[C@@H]2C)c2cc(F)c(Cl)nc21. The number of aromatic nitrogens is 3. The number of anilines is 1. The lowest BCUT2D eigenvalue weighted by Crippen LogP contribution is -2.66. The molecule has 9 nitrogen and oxygen atoms in total. The van der Waals surface area contributed by atoms with Gasteiger partial charge in [-0.25, -0.2) is 23.5 Å². The Labute approximate surface area is 341 Å². The Morgan fingerprint density at radius 3 is 2.05 bits per heavy atom. The maximum Gasteiger partial charge on any atom is 0.410 e. The molecule has 12 heteroatoms. The van der Waals surface area contributed by atoms with Crippen LogP contribution in [0.15, 0.2) is 83.7 Å². The largest absolute Gasteiger partial charge is 0.444 e. The van der Waals surface area contributed by atoms with E-state index in [1.54, 1.807) is 4.90 Å². The van der Waals surface area contributed by atoms with E-state index in [0.29, 0.717) is 30.8 Å². The van der Waals surface area contributed by atoms with Gasteiger partial charge in [0.05, 0.1) is 17.7 Å². The second-order valence-electron chi connectivity index (χ2n) is 17.6. The molecule has 6 rings (SSSR count). The molecule has 3 aromatic carbocycles. The third-order valence-electron chi connectivity index (χ3n) is 10.8. The fourth-order valence-electron chi connectivity index (χ4n) is 8.17. The molecule has 1 fully saturated rings. The van der Waals surface area contributed by atoms with Crippen molar-refractivity contribution in [2.75, 3.05) is 18.0 Å². The molecule has 2 atom stereocenters. The molecule has 302 valence electrons. The molecule has 0 aliphatic carbocycles. The number of hydrogen-bond acceptors (Lipinski definition) is 7. The van der Waals surface area contributed by atoms with Gasteiger partial charge in [-0.1, -0.05) is 119 Å². The number of hydrogen-bond donors (Lipinski definition) is 0. The lowest BCUT2D eigenvalue weighted by atomic mass is 9.95. The number of ether oxygens (including phenoxy) is 1. The van der Waals surface area contributed by atoms with Gasteiger partial charge in [0.2, 0.25) is 0 Å². The second-order valence-corrected chi connectivity index (χ2v) is 22.3. The Balaban J connectivity index is 1.45. The topological polar surface area (TPSA) is 89.8 Å². The van der Waals surface area contributed by atoms with Crippen LogP contribution in [0.5, 0.6) is 0 Å². The van der Waals surface area contributed by atoms with E-state index in [-0.39, 0.29) is 39.7 Å². The van der Waals surface area contributed by atoms with Gasteiger partial charge < -0.3 is 19.0 Å². The van der Waals surface area contributed by atoms with Crippen molar-refractivity contribution in [2.24, 2.45) is 0 Å². The maximum atomic E-state index is 15.4. The van der Waals surface area contributed by atoms with E-state index in [4.69, 9.17) is 20.8 Å². The molecule has 1 aliphatic rings. The Bertz CT molecular complexity index is 2290. The molecular formula is C45H55ClFN5O4Si. The lowest BCUT2D eigenvalue weighted by molar-refractivity contribution is 0.0130. The molecule has 0 bridgehead atoms. The molecule has 1 amide bonds. The van der Waals surface area contributed by atoms with Crippen molar-refractivity contribution in [3.05, 3.63) is 117 Å². The quantitative estimate of drug-likeness (QED) is 0.114. The summed E-state index contributed by atoms with van der Waals surface area (Å²) >= 11 is 6.38. The summed E-state index contributed by atoms with van der Waals surface area (Å²) in [4.78, 5) is 40.3. The standard InChI is InChI=1S/C45H55ClFN5O4Si/c1-28(2)35-23-32(27-55-57(45(9,10)11,33-18-14-12-15-19-33)34-20-16-13-17-21-34)22-29(3)38(35)52-41-36(24-37(47)39(46)48-41)40(49-42(52)53)50-25-31(5)51(26-30(50)4)43(54)56-44(6,7)8/h12-24,28,30-31H,25-27H2,1-11H3/t30-,31+/m0/s1. The predicted molar refractivity (Wildman–Crippen MR) is 231 cm³/mol. The number of aryl methyl sites for hydroxylation is 1. The highest BCUT2D eigenvalue weighted by Crippen LogP contribution is 2.39. The normalized spacial score (nSPS) is 16.7. The zero-order valence-corrected chi connectivity index (χ0v) is 36.7. The number of piperazine rings is 1. The first kappa shape index (κ1) is 42.0. The summed E-state index contributed by atoms with van der Waals surface area (Å²) in [5.41, 5.74) is 2.29. The van der Waals surface area contributed by atoms with E-state index in [0.717, 1.165) is 16.7 Å². The predicted octanol–water partition coefficient (Wildman–Crippen LogP) is 8.92. The van der Waals surface area contributed by atoms with Crippen LogP contribution in [0.3, 0.4) is 0 Å². The number of halogens is 2. The summed E-state index contributed by atoms with van der Waals surface area (Å²) in [6, 6.07) is 26.0. The van der Waals surface area contributed by atoms with Crippen LogP contribution in [-0.2, 0) is 15.8 Å². The third kappa shape index (κ3) is 8.24. The molecule has 0 saturated carbocycles. The van der Waals surface area contributed by atoms with Gasteiger partial charge in [-0.15, -0.1) is 0 Å². The van der Waals surface area contributed by atoms with E-state index < -0.39 is 31.5 Å². The molecule has 3 heterocycles. The van der Waals surface area contributed by atoms with E-state index in [2.05, 4.69) is 105 Å². The number of benzene rings is 3. The molecule has 57 heavy (non-hydrogen) atoms. The van der Waals surface area contributed by atoms with Crippen molar-refractivity contribution >= 4 is 53.2 Å². The fraction of sp³-hybridized carbons (Fsp3) is 0.422. The summed E-state index contributed by atoms with van der Waals surface area (Å²) in [7, 11) is -2.84. The number of rotatable bonds is 8. The van der Waals surface area contributed by atoms with Crippen LogP contribution in [0.2, 0.25) is 10.2 Å². The zero-order valence-electron chi connectivity index (χ0n) is 35.0. The van der Waals surface area contributed by atoms with Gasteiger partial charge in [0.1, 0.15) is 11.4 Å². The minimum Gasteiger partial charge on any atom is -0.444 e. The van der Waals surface area contributed by atoms with Crippen LogP contribution in [-0.4, -0.2) is 64.6 Å². The molecule has 0 radical (unpaired) electrons. The molecule has 1 aliphatic heterocycles. The van der Waals surface area contributed by atoms with Crippen LogP contribution in [0.1, 0.15) is 91.8 Å². The van der Waals surface area contributed by atoms with E-state index in [9.17, 15) is 9.59 Å². The third-order valence-corrected chi connectivity index (χ3v) is 16.0. The van der Waals surface area contributed by atoms with Crippen LogP contribution >= 0.6 is 11.6 Å². The Kier molecular flexibility index (Phi) is 11.8. The summed E-state index contributed by atoms with van der Waals surface area (Å²) in [6.45, 7) is 23.2. The average Bonchev–Trinajstić information content (AvgIpc) is 3.13. The molecular weight excluding hydrogens is 757 g/mol. The van der Waals surface area contributed by atoms with Crippen LogP contribution in [0, 0.1) is 12.7 Å². The fourth-order valence-corrected chi connectivity index (χ4v) is 12.8. The van der Waals surface area contributed by atoms with Gasteiger partial charge >= 0.3 is 11.8 Å². The van der Waals surface area contributed by atoms with Gasteiger partial charge in [0.25, 0.3) is 8.32 Å². The number of carbonyl (C=O) groups is 1. The molecule has 0 N–H and O–H groups in total. The summed E-state index contributed by atoms with van der Waals surface area (Å²) < 4.78 is 29.8. The Morgan fingerprint density at radius 2 is 1.51 bits per heavy atom. The maximum absolute atomic E-state index is 15.4. The first-order valence-corrected chi connectivity index (χ1v) is 22.0. The van der Waals surface area contributed by atoms with Gasteiger partial charge in [-0.05, 0) is 85.6 Å². The summed E-state index contributed by atoms with van der Waals surface area (Å²) in [6.07, 6.45) is -0.411. The second kappa shape index (κ2) is 16.0. The molecule has 1 saturated heterocycles. The van der Waals surface area contributed by atoms with Gasteiger partial charge in [-0.2, -0.15) is 4.98 Å². The van der Waals surface area contributed by atoms with Gasteiger partial charge in [-0.3, -0.25) is 0 Å². The van der Waals surface area contributed by atoms with E-state index in [1.165, 1.54) is 21.0 Å². The van der Waals surface area contributed by atoms with Crippen molar-refractivity contribution in [1.29, 1.82) is 0 Å². The summed E-state index contributed by atoms with van der Waals surface area (Å²) in [5, 5.41) is 2.17. The lowest BCUT2D eigenvalue weighted by Gasteiger charge is -2.44. The number of amides is 1. The van der Waals surface area contributed by atoms with Crippen molar-refractivity contribution < 1.29 is 18.3 Å². The van der Waals surface area contributed by atoms with Gasteiger partial charge in [0, 0.05) is 25.2 Å². The highest BCUT2D eigenvalue weighted by atomic mass is 35.5. The van der Waals surface area contributed by atoms with Crippen molar-refractivity contribution in [3.63, 3.8) is 0 Å². The van der Waals surface area contributed by atoms with Crippen LogP contribution < -0.4 is 21.0 Å². The molecule has 5 aromatic rings. The minimum atomic E-state index is -2.84. The van der Waals surface area contributed by atoms with Crippen molar-refractivity contribution in [1.82, 2.24) is 19.4 Å². The van der Waals surface area contributed by atoms with Crippen LogP contribution in [0.4, 0.5) is 15.0 Å². The van der Waals surface area contributed by atoms with Crippen LogP contribution in [0.25, 0.3) is 16.7 Å². The zero-order chi connectivity index (χ0) is 41.6. The Hall–Kier alpha value is -4.58. The minimum absolute atomic E-state index is 0.0223. The van der Waals surface area contributed by atoms with Crippen molar-refractivity contribution in [2.45, 2.75) is 111 Å². The smallest absolute Gasteiger partial charge is 0.410 e. The highest BCUT2D eigenvalue weighted by Gasteiger charge is 2.50. The van der Waals surface area contributed by atoms with Crippen molar-refractivity contribution in [3.8, 4) is 5.69 Å². The Morgan fingerprint density at radius 1 is 0.912 bits per heavy atom. The molecule has 2 aromatic heterocycles. The first-order chi connectivity index (χ1) is 26.7. The number of carbonyl (C=O) groups excluding carboxylic acids is 1. The first-order valence-electron chi connectivity index (χ1n) is 19.7. The number of pyridine rings is 1. The number of fused-ring (bicyclic) bond motifs is 1. The molecule has 0 unspecified atom stereocenters. The average molecular weight is 813 g/mol. The monoisotopic (exact) mass is 811 g/mol. The van der Waals surface area contributed by atoms with E-state index >= 15 is 4.39 Å². The van der Waals surface area contributed by atoms with Gasteiger partial charge in [0.15, 0.2) is 16.6 Å².